The Morgan fingerprint density at radius 3 is 1.19 bits per heavy atom. The molecule has 4 nitrogen and oxygen atoms in total. The van der Waals surface area contributed by atoms with Crippen LogP contribution in [0.5, 0.6) is 0 Å². The maximum atomic E-state index is 12.3. The van der Waals surface area contributed by atoms with Crippen molar-refractivity contribution in [3.63, 3.8) is 0 Å². The summed E-state index contributed by atoms with van der Waals surface area (Å²) < 4.78 is 6.27. The highest BCUT2D eigenvalue weighted by Crippen LogP contribution is 2.14. The second-order valence-corrected chi connectivity index (χ2v) is 14.3. The van der Waals surface area contributed by atoms with Gasteiger partial charge < -0.3 is 14.5 Å². The fraction of sp³-hybridized carbons (Fsp3) is 0.974. The van der Waals surface area contributed by atoms with Crippen LogP contribution in [-0.2, 0) is 9.53 Å². The molecule has 0 rings (SSSR count). The highest BCUT2D eigenvalue weighted by atomic mass is 16.5. The molecule has 0 fully saturated rings. The van der Waals surface area contributed by atoms with E-state index in [0.717, 1.165) is 37.0 Å². The first kappa shape index (κ1) is 42.4. The lowest BCUT2D eigenvalue weighted by atomic mass is 10.0. The Bertz CT molecular complexity index is 551. The molecule has 0 amide bonds. The van der Waals surface area contributed by atoms with Gasteiger partial charge in [-0.1, -0.05) is 181 Å². The van der Waals surface area contributed by atoms with Gasteiger partial charge >= 0.3 is 5.97 Å². The number of nitrogens with one attached hydrogen (secondary N) is 1. The molecule has 0 atom stereocenters. The molecule has 0 spiro atoms. The van der Waals surface area contributed by atoms with Gasteiger partial charge in [-0.15, -0.1) is 0 Å². The number of ether oxygens (including phenoxy) is 1. The predicted octanol–water partition coefficient (Wildman–Crippen LogP) is 11.5. The molecule has 0 aliphatic carbocycles. The molecular formula is C39H81N2O2+. The van der Waals surface area contributed by atoms with Gasteiger partial charge in [-0.2, -0.15) is 0 Å². The standard InChI is InChI=1S/C39H81N2O2/c1-5-7-9-11-13-15-17-19-20-21-22-23-25-27-29-31-34-40-35-33-36-41(3,4)38-39(42)43-37-32-30-28-26-24-18-16-14-12-10-8-6-2/h40H,5-38H2,1-4H3/q+1. The van der Waals surface area contributed by atoms with Crippen molar-refractivity contribution >= 4 is 5.97 Å². The van der Waals surface area contributed by atoms with Crippen molar-refractivity contribution in [2.24, 2.45) is 0 Å². The van der Waals surface area contributed by atoms with E-state index in [4.69, 9.17) is 4.74 Å². The number of hydrogen-bond donors (Lipinski definition) is 1. The average molecular weight is 610 g/mol. The van der Waals surface area contributed by atoms with Gasteiger partial charge in [0.15, 0.2) is 6.54 Å². The lowest BCUT2D eigenvalue weighted by Gasteiger charge is -2.28. The average Bonchev–Trinajstić information content (AvgIpc) is 2.98. The van der Waals surface area contributed by atoms with Crippen LogP contribution < -0.4 is 5.32 Å². The molecule has 0 aromatic carbocycles. The number of carbonyl (C=O) groups is 1. The Balaban J connectivity index is 3.37. The lowest BCUT2D eigenvalue weighted by Crippen LogP contribution is -2.45. The Morgan fingerprint density at radius 2 is 0.791 bits per heavy atom. The Kier molecular flexibility index (Phi) is 33.8. The fourth-order valence-corrected chi connectivity index (χ4v) is 6.16. The summed E-state index contributed by atoms with van der Waals surface area (Å²) in [4.78, 5) is 12.3. The normalized spacial score (nSPS) is 11.8. The summed E-state index contributed by atoms with van der Waals surface area (Å²) in [6, 6.07) is 0. The van der Waals surface area contributed by atoms with Crippen LogP contribution in [0.2, 0.25) is 0 Å². The summed E-state index contributed by atoms with van der Waals surface area (Å²) in [6.45, 7) is 8.85. The molecule has 0 aromatic heterocycles. The van der Waals surface area contributed by atoms with Crippen LogP contribution in [0, 0.1) is 0 Å². The third-order valence-corrected chi connectivity index (χ3v) is 9.14. The zero-order valence-corrected chi connectivity index (χ0v) is 30.3. The molecule has 0 aliphatic rings. The van der Waals surface area contributed by atoms with Crippen molar-refractivity contribution in [1.82, 2.24) is 5.32 Å². The number of carbonyl (C=O) groups excluding carboxylic acids is 1. The topological polar surface area (TPSA) is 38.3 Å². The number of rotatable bonds is 36. The molecule has 0 radical (unpaired) electrons. The van der Waals surface area contributed by atoms with Crippen molar-refractivity contribution < 1.29 is 14.0 Å². The Hall–Kier alpha value is -0.610. The summed E-state index contributed by atoms with van der Waals surface area (Å²) >= 11 is 0. The predicted molar refractivity (Wildman–Crippen MR) is 191 cm³/mol. The SMILES string of the molecule is CCCCCCCCCCCCCCCCCCNCCC[N+](C)(C)CC(=O)OCCCCCCCCCCCCCC. The van der Waals surface area contributed by atoms with E-state index in [1.165, 1.54) is 173 Å². The highest BCUT2D eigenvalue weighted by Gasteiger charge is 2.20. The zero-order valence-electron chi connectivity index (χ0n) is 30.3. The lowest BCUT2D eigenvalue weighted by molar-refractivity contribution is -0.883. The first-order valence-corrected chi connectivity index (χ1v) is 19.7. The third kappa shape index (κ3) is 35.7. The van der Waals surface area contributed by atoms with E-state index in [9.17, 15) is 4.79 Å². The van der Waals surface area contributed by atoms with Gasteiger partial charge in [-0.25, -0.2) is 4.79 Å². The number of unbranched alkanes of at least 4 members (excludes halogenated alkanes) is 26. The quantitative estimate of drug-likeness (QED) is 0.0436. The third-order valence-electron chi connectivity index (χ3n) is 9.14. The van der Waals surface area contributed by atoms with Crippen LogP contribution >= 0.6 is 0 Å². The van der Waals surface area contributed by atoms with E-state index in [0.29, 0.717) is 13.2 Å². The minimum Gasteiger partial charge on any atom is -0.462 e. The molecule has 0 unspecified atom stereocenters. The molecule has 4 heteroatoms. The van der Waals surface area contributed by atoms with Crippen molar-refractivity contribution in [1.29, 1.82) is 0 Å². The maximum absolute atomic E-state index is 12.3. The van der Waals surface area contributed by atoms with Crippen LogP contribution in [0.1, 0.15) is 200 Å². The molecule has 0 bridgehead atoms. The van der Waals surface area contributed by atoms with E-state index in [1.807, 2.05) is 0 Å². The van der Waals surface area contributed by atoms with Gasteiger partial charge in [0.2, 0.25) is 0 Å². The molecule has 0 aliphatic heterocycles. The minimum absolute atomic E-state index is 0.0331. The zero-order chi connectivity index (χ0) is 31.5. The molecule has 258 valence electrons. The minimum atomic E-state index is -0.0331. The highest BCUT2D eigenvalue weighted by molar-refractivity contribution is 5.70. The number of esters is 1. The van der Waals surface area contributed by atoms with Crippen LogP contribution in [-0.4, -0.2) is 57.3 Å². The van der Waals surface area contributed by atoms with Crippen molar-refractivity contribution in [2.45, 2.75) is 200 Å². The van der Waals surface area contributed by atoms with Crippen molar-refractivity contribution in [3.05, 3.63) is 0 Å². The number of nitrogens with zero attached hydrogens (tertiary/aromatic N) is 1. The first-order valence-electron chi connectivity index (χ1n) is 19.7. The van der Waals surface area contributed by atoms with Gasteiger partial charge in [0.1, 0.15) is 0 Å². The second kappa shape index (κ2) is 34.3. The first-order chi connectivity index (χ1) is 21.0. The Morgan fingerprint density at radius 1 is 0.465 bits per heavy atom. The van der Waals surface area contributed by atoms with E-state index in [1.54, 1.807) is 0 Å². The van der Waals surface area contributed by atoms with Crippen LogP contribution in [0.15, 0.2) is 0 Å². The molecule has 0 aromatic rings. The molecule has 1 N–H and O–H groups in total. The van der Waals surface area contributed by atoms with Gasteiger partial charge in [-0.05, 0) is 19.4 Å². The summed E-state index contributed by atoms with van der Waals surface area (Å²) in [5.41, 5.74) is 0. The monoisotopic (exact) mass is 610 g/mol. The van der Waals surface area contributed by atoms with Gasteiger partial charge in [0, 0.05) is 13.0 Å². The Labute approximate surface area is 271 Å². The summed E-state index contributed by atoms with van der Waals surface area (Å²) in [6.07, 6.45) is 39.8. The van der Waals surface area contributed by atoms with Crippen molar-refractivity contribution in [3.8, 4) is 0 Å². The largest absolute Gasteiger partial charge is 0.462 e. The summed E-state index contributed by atoms with van der Waals surface area (Å²) in [5, 5.41) is 3.61. The van der Waals surface area contributed by atoms with Gasteiger partial charge in [0.05, 0.1) is 27.2 Å². The molecule has 0 saturated carbocycles. The summed E-state index contributed by atoms with van der Waals surface area (Å²) in [7, 11) is 4.31. The van der Waals surface area contributed by atoms with E-state index in [2.05, 4.69) is 33.3 Å². The fourth-order valence-electron chi connectivity index (χ4n) is 6.16. The smallest absolute Gasteiger partial charge is 0.361 e. The van der Waals surface area contributed by atoms with Gasteiger partial charge in [0.25, 0.3) is 0 Å². The van der Waals surface area contributed by atoms with Gasteiger partial charge in [-0.3, -0.25) is 0 Å². The second-order valence-electron chi connectivity index (χ2n) is 14.3. The van der Waals surface area contributed by atoms with E-state index in [-0.39, 0.29) is 5.97 Å². The number of quaternary nitrogens is 1. The van der Waals surface area contributed by atoms with E-state index < -0.39 is 0 Å². The summed E-state index contributed by atoms with van der Waals surface area (Å²) in [5.74, 6) is -0.0331. The molecular weight excluding hydrogens is 528 g/mol. The van der Waals surface area contributed by atoms with Crippen molar-refractivity contribution in [2.75, 3.05) is 46.9 Å². The molecule has 0 heterocycles. The van der Waals surface area contributed by atoms with Crippen LogP contribution in [0.25, 0.3) is 0 Å². The number of hydrogen-bond acceptors (Lipinski definition) is 3. The number of likely N-dealkylation sites (N-methyl/N-ethyl adjacent to an activating group) is 1. The van der Waals surface area contributed by atoms with Crippen LogP contribution in [0.4, 0.5) is 0 Å². The van der Waals surface area contributed by atoms with Crippen LogP contribution in [0.3, 0.4) is 0 Å². The molecule has 43 heavy (non-hydrogen) atoms. The maximum Gasteiger partial charge on any atom is 0.361 e. The van der Waals surface area contributed by atoms with E-state index >= 15 is 0 Å². The molecule has 0 saturated heterocycles.